The maximum Gasteiger partial charge on any atom is 0.0521 e. The van der Waals surface area contributed by atoms with Gasteiger partial charge in [0.25, 0.3) is 0 Å². The lowest BCUT2D eigenvalue weighted by Crippen LogP contribution is -2.17. The van der Waals surface area contributed by atoms with Crippen LogP contribution in [0.25, 0.3) is 0 Å². The van der Waals surface area contributed by atoms with Gasteiger partial charge in [0.2, 0.25) is 0 Å². The SMILES string of the molecule is Cn1cc(CCC(CN)Cc2ccc(Br)cc2)cn1. The van der Waals surface area contributed by atoms with E-state index >= 15 is 0 Å². The smallest absolute Gasteiger partial charge is 0.0521 e. The van der Waals surface area contributed by atoms with Crippen LogP contribution in [0.2, 0.25) is 0 Å². The molecule has 19 heavy (non-hydrogen) atoms. The van der Waals surface area contributed by atoms with Gasteiger partial charge >= 0.3 is 0 Å². The fourth-order valence-corrected chi connectivity index (χ4v) is 2.49. The molecule has 0 radical (unpaired) electrons. The lowest BCUT2D eigenvalue weighted by molar-refractivity contribution is 0.494. The van der Waals surface area contributed by atoms with Crippen LogP contribution in [0.4, 0.5) is 0 Å². The molecule has 1 aromatic heterocycles. The van der Waals surface area contributed by atoms with Crippen molar-refractivity contribution >= 4 is 15.9 Å². The van der Waals surface area contributed by atoms with Gasteiger partial charge in [0.1, 0.15) is 0 Å². The van der Waals surface area contributed by atoms with E-state index in [1.54, 1.807) is 0 Å². The average molecular weight is 322 g/mol. The second-order valence-electron chi connectivity index (χ2n) is 4.99. The summed E-state index contributed by atoms with van der Waals surface area (Å²) in [7, 11) is 1.95. The number of halogens is 1. The molecular formula is C15H20BrN3. The maximum absolute atomic E-state index is 5.89. The summed E-state index contributed by atoms with van der Waals surface area (Å²) in [6.07, 6.45) is 7.22. The average Bonchev–Trinajstić information content (AvgIpc) is 2.82. The molecule has 4 heteroatoms. The van der Waals surface area contributed by atoms with E-state index in [-0.39, 0.29) is 0 Å². The molecular weight excluding hydrogens is 302 g/mol. The summed E-state index contributed by atoms with van der Waals surface area (Å²) in [4.78, 5) is 0. The molecule has 1 heterocycles. The lowest BCUT2D eigenvalue weighted by Gasteiger charge is -2.14. The molecule has 1 unspecified atom stereocenters. The van der Waals surface area contributed by atoms with E-state index in [1.165, 1.54) is 11.1 Å². The van der Waals surface area contributed by atoms with Crippen LogP contribution in [0.3, 0.4) is 0 Å². The quantitative estimate of drug-likeness (QED) is 0.889. The molecule has 0 bridgehead atoms. The van der Waals surface area contributed by atoms with Gasteiger partial charge in [-0.1, -0.05) is 28.1 Å². The molecule has 0 fully saturated rings. The summed E-state index contributed by atoms with van der Waals surface area (Å²) in [5.41, 5.74) is 8.53. The van der Waals surface area contributed by atoms with Gasteiger partial charge in [-0.15, -0.1) is 0 Å². The van der Waals surface area contributed by atoms with Crippen molar-refractivity contribution in [1.82, 2.24) is 9.78 Å². The molecule has 3 nitrogen and oxygen atoms in total. The minimum atomic E-state index is 0.529. The maximum atomic E-state index is 5.89. The van der Waals surface area contributed by atoms with Gasteiger partial charge in [0.05, 0.1) is 6.20 Å². The van der Waals surface area contributed by atoms with Gasteiger partial charge < -0.3 is 5.73 Å². The zero-order chi connectivity index (χ0) is 13.7. The van der Waals surface area contributed by atoms with E-state index in [0.29, 0.717) is 5.92 Å². The molecule has 0 aliphatic carbocycles. The number of aryl methyl sites for hydroxylation is 2. The largest absolute Gasteiger partial charge is 0.330 e. The topological polar surface area (TPSA) is 43.8 Å². The van der Waals surface area contributed by atoms with Gasteiger partial charge in [0.15, 0.2) is 0 Å². The van der Waals surface area contributed by atoms with E-state index in [1.807, 2.05) is 17.9 Å². The monoisotopic (exact) mass is 321 g/mol. The summed E-state index contributed by atoms with van der Waals surface area (Å²) in [5, 5.41) is 4.19. The minimum absolute atomic E-state index is 0.529. The third kappa shape index (κ3) is 4.48. The van der Waals surface area contributed by atoms with Gasteiger partial charge in [-0.3, -0.25) is 4.68 Å². The Balaban J connectivity index is 1.87. The highest BCUT2D eigenvalue weighted by Crippen LogP contribution is 2.17. The summed E-state index contributed by atoms with van der Waals surface area (Å²) >= 11 is 3.46. The Morgan fingerprint density at radius 3 is 2.58 bits per heavy atom. The summed E-state index contributed by atoms with van der Waals surface area (Å²) in [6, 6.07) is 8.50. The van der Waals surface area contributed by atoms with Gasteiger partial charge in [-0.05, 0) is 55.0 Å². The molecule has 0 aliphatic rings. The van der Waals surface area contributed by atoms with Gasteiger partial charge in [-0.25, -0.2) is 0 Å². The first-order valence-corrected chi connectivity index (χ1v) is 7.38. The van der Waals surface area contributed by atoms with Crippen molar-refractivity contribution < 1.29 is 0 Å². The normalized spacial score (nSPS) is 12.6. The number of aromatic nitrogens is 2. The molecule has 102 valence electrons. The number of benzene rings is 1. The Bertz CT molecular complexity index is 504. The first-order valence-electron chi connectivity index (χ1n) is 6.59. The van der Waals surface area contributed by atoms with Crippen LogP contribution in [0.1, 0.15) is 17.5 Å². The van der Waals surface area contributed by atoms with Crippen molar-refractivity contribution in [3.05, 3.63) is 52.3 Å². The Kier molecular flexibility index (Phi) is 5.16. The van der Waals surface area contributed by atoms with Crippen molar-refractivity contribution in [3.8, 4) is 0 Å². The third-order valence-electron chi connectivity index (χ3n) is 3.37. The standard InChI is InChI=1S/C15H20BrN3/c1-19-11-14(10-18-19)3-2-13(9-17)8-12-4-6-15(16)7-5-12/h4-7,10-11,13H,2-3,8-9,17H2,1H3. The highest BCUT2D eigenvalue weighted by Gasteiger charge is 2.09. The highest BCUT2D eigenvalue weighted by atomic mass is 79.9. The molecule has 0 amide bonds. The Hall–Kier alpha value is -1.13. The Labute approximate surface area is 122 Å². The van der Waals surface area contributed by atoms with E-state index in [9.17, 15) is 0 Å². The van der Waals surface area contributed by atoms with Crippen LogP contribution in [0, 0.1) is 5.92 Å². The first kappa shape index (κ1) is 14.3. The van der Waals surface area contributed by atoms with E-state index in [4.69, 9.17) is 5.73 Å². The van der Waals surface area contributed by atoms with Crippen molar-refractivity contribution in [1.29, 1.82) is 0 Å². The molecule has 0 aliphatic heterocycles. The molecule has 2 N–H and O–H groups in total. The molecule has 0 saturated heterocycles. The second-order valence-corrected chi connectivity index (χ2v) is 5.91. The van der Waals surface area contributed by atoms with E-state index < -0.39 is 0 Å². The summed E-state index contributed by atoms with van der Waals surface area (Å²) < 4.78 is 2.97. The number of nitrogens with two attached hydrogens (primary N) is 1. The predicted octanol–water partition coefficient (Wildman–Crippen LogP) is 2.93. The molecule has 2 aromatic rings. The predicted molar refractivity (Wildman–Crippen MR) is 81.9 cm³/mol. The lowest BCUT2D eigenvalue weighted by atomic mass is 9.94. The van der Waals surface area contributed by atoms with Crippen LogP contribution in [0.15, 0.2) is 41.1 Å². The van der Waals surface area contributed by atoms with Gasteiger partial charge in [-0.2, -0.15) is 5.10 Å². The third-order valence-corrected chi connectivity index (χ3v) is 3.90. The molecule has 1 aromatic carbocycles. The van der Waals surface area contributed by atoms with Crippen molar-refractivity contribution in [3.63, 3.8) is 0 Å². The number of rotatable bonds is 6. The van der Waals surface area contributed by atoms with Gasteiger partial charge in [0, 0.05) is 17.7 Å². The van der Waals surface area contributed by atoms with Crippen LogP contribution < -0.4 is 5.73 Å². The van der Waals surface area contributed by atoms with Crippen molar-refractivity contribution in [2.24, 2.45) is 18.7 Å². The summed E-state index contributed by atoms with van der Waals surface area (Å²) in [5.74, 6) is 0.529. The fraction of sp³-hybridized carbons (Fsp3) is 0.400. The zero-order valence-corrected chi connectivity index (χ0v) is 12.8. The first-order chi connectivity index (χ1) is 9.17. The Morgan fingerprint density at radius 2 is 2.00 bits per heavy atom. The van der Waals surface area contributed by atoms with E-state index in [0.717, 1.165) is 30.3 Å². The van der Waals surface area contributed by atoms with Crippen LogP contribution in [-0.4, -0.2) is 16.3 Å². The molecule has 1 atom stereocenters. The minimum Gasteiger partial charge on any atom is -0.330 e. The zero-order valence-electron chi connectivity index (χ0n) is 11.2. The molecule has 0 spiro atoms. The number of hydrogen-bond acceptors (Lipinski definition) is 2. The van der Waals surface area contributed by atoms with E-state index in [2.05, 4.69) is 51.5 Å². The number of hydrogen-bond donors (Lipinski definition) is 1. The molecule has 2 rings (SSSR count). The second kappa shape index (κ2) is 6.87. The van der Waals surface area contributed by atoms with Crippen LogP contribution >= 0.6 is 15.9 Å². The summed E-state index contributed by atoms with van der Waals surface area (Å²) in [6.45, 7) is 0.732. The van der Waals surface area contributed by atoms with Crippen molar-refractivity contribution in [2.45, 2.75) is 19.3 Å². The number of nitrogens with zero attached hydrogens (tertiary/aromatic N) is 2. The van der Waals surface area contributed by atoms with Crippen molar-refractivity contribution in [2.75, 3.05) is 6.54 Å². The van der Waals surface area contributed by atoms with Crippen LogP contribution in [-0.2, 0) is 19.9 Å². The fourth-order valence-electron chi connectivity index (χ4n) is 2.23. The molecule has 0 saturated carbocycles. The van der Waals surface area contributed by atoms with Crippen LogP contribution in [0.5, 0.6) is 0 Å². The Morgan fingerprint density at radius 1 is 1.26 bits per heavy atom. The highest BCUT2D eigenvalue weighted by molar-refractivity contribution is 9.10.